The number of aliphatic hydroxyl groups excluding tert-OH is 1. The fourth-order valence-corrected chi connectivity index (χ4v) is 8.95. The van der Waals surface area contributed by atoms with Gasteiger partial charge in [-0.15, -0.1) is 11.3 Å². The van der Waals surface area contributed by atoms with Gasteiger partial charge < -0.3 is 39.8 Å². The molecule has 6 rings (SSSR count). The zero-order chi connectivity index (χ0) is 50.0. The highest BCUT2D eigenvalue weighted by atomic mass is 32.1. The number of aliphatic hydroxyl groups is 1. The van der Waals surface area contributed by atoms with Crippen LogP contribution in [0.5, 0.6) is 5.75 Å². The Balaban J connectivity index is 0.871. The van der Waals surface area contributed by atoms with Crippen molar-refractivity contribution in [1.29, 1.82) is 0 Å². The molecule has 14 heteroatoms. The van der Waals surface area contributed by atoms with Crippen molar-refractivity contribution < 1.29 is 38.5 Å². The topological polar surface area (TPSA) is 160 Å². The lowest BCUT2D eigenvalue weighted by molar-refractivity contribution is -0.144. The minimum atomic E-state index is -0.979. The fourth-order valence-electron chi connectivity index (χ4n) is 8.14. The van der Waals surface area contributed by atoms with E-state index in [1.807, 2.05) is 81.7 Å². The van der Waals surface area contributed by atoms with E-state index in [1.54, 1.807) is 23.3 Å². The molecule has 4 aromatic carbocycles. The molecule has 0 unspecified atom stereocenters. The largest absolute Gasteiger partial charge is 0.492 e. The van der Waals surface area contributed by atoms with E-state index in [0.717, 1.165) is 39.2 Å². The Bertz CT molecular complexity index is 2600. The van der Waals surface area contributed by atoms with Crippen molar-refractivity contribution in [2.24, 2.45) is 5.41 Å². The predicted molar refractivity (Wildman–Crippen MR) is 274 cm³/mol. The smallest absolute Gasteiger partial charge is 0.248 e. The van der Waals surface area contributed by atoms with E-state index < -0.39 is 35.4 Å². The number of ether oxygens (including phenoxy) is 3. The molecule has 0 saturated carbocycles. The van der Waals surface area contributed by atoms with Gasteiger partial charge >= 0.3 is 0 Å². The van der Waals surface area contributed by atoms with E-state index in [4.69, 9.17) is 14.2 Å². The number of amides is 4. The average molecular weight is 968 g/mol. The van der Waals surface area contributed by atoms with Gasteiger partial charge in [0.25, 0.3) is 0 Å². The van der Waals surface area contributed by atoms with Gasteiger partial charge in [-0.3, -0.25) is 19.2 Å². The lowest BCUT2D eigenvalue weighted by atomic mass is 9.85. The molecule has 3 N–H and O–H groups in total. The van der Waals surface area contributed by atoms with Crippen LogP contribution in [-0.4, -0.2) is 115 Å². The van der Waals surface area contributed by atoms with Crippen molar-refractivity contribution in [2.75, 3.05) is 53.2 Å². The molecule has 13 nitrogen and oxygen atoms in total. The van der Waals surface area contributed by atoms with Crippen molar-refractivity contribution in [1.82, 2.24) is 25.4 Å². The summed E-state index contributed by atoms with van der Waals surface area (Å²) in [5.74, 6) is 4.96. The van der Waals surface area contributed by atoms with E-state index in [9.17, 15) is 24.3 Å². The van der Waals surface area contributed by atoms with Crippen molar-refractivity contribution in [3.05, 3.63) is 143 Å². The highest BCUT2D eigenvalue weighted by Crippen LogP contribution is 2.35. The van der Waals surface area contributed by atoms with Gasteiger partial charge in [-0.1, -0.05) is 137 Å². The second-order valence-electron chi connectivity index (χ2n) is 18.2. The number of thiazole rings is 1. The zero-order valence-corrected chi connectivity index (χ0v) is 41.9. The van der Waals surface area contributed by atoms with E-state index >= 15 is 0 Å². The minimum Gasteiger partial charge on any atom is -0.492 e. The van der Waals surface area contributed by atoms with Crippen molar-refractivity contribution in [3.63, 3.8) is 0 Å². The van der Waals surface area contributed by atoms with Crippen LogP contribution in [0, 0.1) is 24.2 Å². The molecule has 1 aromatic heterocycles. The minimum absolute atomic E-state index is 0.0254. The summed E-state index contributed by atoms with van der Waals surface area (Å²) < 4.78 is 17.0. The molecule has 70 heavy (non-hydrogen) atoms. The Kier molecular flexibility index (Phi) is 19.5. The van der Waals surface area contributed by atoms with E-state index in [-0.39, 0.29) is 57.8 Å². The van der Waals surface area contributed by atoms with Crippen LogP contribution in [0.4, 0.5) is 0 Å². The normalized spacial score (nSPS) is 15.3. The maximum atomic E-state index is 14.0. The number of nitrogens with one attached hydrogen (secondary N) is 2. The molecule has 4 amide bonds. The summed E-state index contributed by atoms with van der Waals surface area (Å²) in [6, 6.07) is 34.9. The number of benzene rings is 4. The number of hydrogen-bond donors (Lipinski definition) is 3. The maximum Gasteiger partial charge on any atom is 0.248 e. The lowest BCUT2D eigenvalue weighted by Crippen LogP contribution is -2.58. The number of allylic oxidation sites excluding steroid dienone is 1. The molecule has 1 saturated heterocycles. The molecule has 0 radical (unpaired) electrons. The summed E-state index contributed by atoms with van der Waals surface area (Å²) in [4.78, 5) is 61.4. The molecule has 0 spiro atoms. The van der Waals surface area contributed by atoms with E-state index in [0.29, 0.717) is 25.3 Å². The van der Waals surface area contributed by atoms with Crippen LogP contribution in [0.3, 0.4) is 0 Å². The summed E-state index contributed by atoms with van der Waals surface area (Å²) in [6.07, 6.45) is 0.402. The zero-order valence-electron chi connectivity index (χ0n) is 41.0. The van der Waals surface area contributed by atoms with Gasteiger partial charge in [0.2, 0.25) is 23.6 Å². The molecule has 0 aliphatic carbocycles. The second-order valence-corrected chi connectivity index (χ2v) is 19.1. The van der Waals surface area contributed by atoms with E-state index in [1.165, 1.54) is 21.6 Å². The van der Waals surface area contributed by atoms with Gasteiger partial charge in [0.1, 0.15) is 44.3 Å². The molecule has 1 aliphatic rings. The molecule has 1 aliphatic heterocycles. The van der Waals surface area contributed by atoms with Gasteiger partial charge in [0.05, 0.1) is 35.3 Å². The first-order valence-corrected chi connectivity index (χ1v) is 24.6. The summed E-state index contributed by atoms with van der Waals surface area (Å²) in [7, 11) is 1.70. The SMILES string of the molecule is CC/C(=C(\c1ccccc1)c1ccc(OCCN(C)C(=O)COCC#CCCOCC(=O)N[C@H](C(=O)N2C[C@H](O)C[C@H]2C(=O)NCc2ccc(-c3scnc3C)cc2)C(C)(C)C)cc1)c1ccccc1. The quantitative estimate of drug-likeness (QED) is 0.0383. The Morgan fingerprint density at radius 2 is 1.54 bits per heavy atom. The molecule has 3 atom stereocenters. The van der Waals surface area contributed by atoms with Crippen LogP contribution in [0.2, 0.25) is 0 Å². The third-order valence-corrected chi connectivity index (χ3v) is 12.9. The molecule has 1 fully saturated rings. The molecular weight excluding hydrogens is 903 g/mol. The standard InChI is InChI=1S/C56H65N5O8S/c1-7-47(41-17-11-8-12-18-41)51(42-19-13-9-14-20-42)43-25-27-46(28-26-43)69-32-29-60(6)50(64)37-68-31-16-10-15-30-67-36-49(63)59-53(56(3,4)5)55(66)61-35-45(62)33-48(61)54(65)57-34-40-21-23-44(24-22-40)52-39(2)58-38-70-52/h8-9,11-14,17-28,38,45,48,53,62H,7,15,29-37H2,1-6H3,(H,57,65)(H,59,63)/b51-47-/t45-,48+,53-/m1/s1. The number of hydrogen-bond acceptors (Lipinski definition) is 10. The second kappa shape index (κ2) is 25.8. The van der Waals surface area contributed by atoms with Crippen LogP contribution in [0.25, 0.3) is 21.6 Å². The number of likely N-dealkylation sites (tertiary alicyclic amines) is 1. The Morgan fingerprint density at radius 3 is 2.19 bits per heavy atom. The van der Waals surface area contributed by atoms with Gasteiger partial charge in [-0.2, -0.15) is 0 Å². The summed E-state index contributed by atoms with van der Waals surface area (Å²) in [5, 5.41) is 16.3. The predicted octanol–water partition coefficient (Wildman–Crippen LogP) is 7.56. The van der Waals surface area contributed by atoms with Crippen LogP contribution < -0.4 is 15.4 Å². The van der Waals surface area contributed by atoms with Gasteiger partial charge in [0.15, 0.2) is 0 Å². The van der Waals surface area contributed by atoms with Gasteiger partial charge in [-0.25, -0.2) is 4.98 Å². The van der Waals surface area contributed by atoms with E-state index in [2.05, 4.69) is 95.0 Å². The molecule has 2 heterocycles. The Hall–Kier alpha value is -6.63. The number of carbonyl (C=O) groups is 4. The van der Waals surface area contributed by atoms with Gasteiger partial charge in [-0.05, 0) is 69.9 Å². The van der Waals surface area contributed by atoms with Crippen LogP contribution in [0.1, 0.15) is 74.9 Å². The van der Waals surface area contributed by atoms with Crippen molar-refractivity contribution in [2.45, 2.75) is 78.6 Å². The maximum absolute atomic E-state index is 14.0. The van der Waals surface area contributed by atoms with Crippen molar-refractivity contribution in [3.8, 4) is 28.0 Å². The lowest BCUT2D eigenvalue weighted by Gasteiger charge is -2.35. The third-order valence-electron chi connectivity index (χ3n) is 11.9. The average Bonchev–Trinajstić information content (AvgIpc) is 3.98. The van der Waals surface area contributed by atoms with Crippen LogP contribution >= 0.6 is 11.3 Å². The van der Waals surface area contributed by atoms with Crippen LogP contribution in [0.15, 0.2) is 115 Å². The van der Waals surface area contributed by atoms with Gasteiger partial charge in [0, 0.05) is 33.0 Å². The third kappa shape index (κ3) is 14.9. The number of likely N-dealkylation sites (N-methyl/N-ethyl adjacent to an activating group) is 1. The number of aromatic nitrogens is 1. The summed E-state index contributed by atoms with van der Waals surface area (Å²) in [5.41, 5.74) is 9.88. The Labute approximate surface area is 416 Å². The number of rotatable bonds is 21. The first kappa shape index (κ1) is 52.7. The molecule has 0 bridgehead atoms. The summed E-state index contributed by atoms with van der Waals surface area (Å²) in [6.45, 7) is 10.3. The first-order chi connectivity index (χ1) is 33.7. The Morgan fingerprint density at radius 1 is 0.871 bits per heavy atom. The summed E-state index contributed by atoms with van der Waals surface area (Å²) >= 11 is 1.57. The number of β-amino-alcohol motifs (C(OH)–C–C–N with tert-alkyl or cyclic N) is 1. The number of nitrogens with zero attached hydrogens (tertiary/aromatic N) is 3. The number of carbonyl (C=O) groups excluding carboxylic acids is 4. The molecule has 368 valence electrons. The van der Waals surface area contributed by atoms with Crippen LogP contribution in [-0.2, 0) is 35.2 Å². The van der Waals surface area contributed by atoms with Crippen molar-refractivity contribution >= 4 is 46.1 Å². The number of aryl methyl sites for hydroxylation is 1. The molecule has 5 aromatic rings. The monoisotopic (exact) mass is 967 g/mol. The molecular formula is C56H65N5O8S. The fraction of sp³-hybridized carbons (Fsp3) is 0.375. The first-order valence-electron chi connectivity index (χ1n) is 23.7. The highest BCUT2D eigenvalue weighted by molar-refractivity contribution is 7.13. The highest BCUT2D eigenvalue weighted by Gasteiger charge is 2.44.